The molecule has 2 rings (SSSR count). The van der Waals surface area contributed by atoms with Crippen LogP contribution in [0, 0.1) is 0 Å². The topological polar surface area (TPSA) is 68.8 Å². The molecule has 6 heteroatoms. The van der Waals surface area contributed by atoms with Gasteiger partial charge < -0.3 is 24.8 Å². The van der Waals surface area contributed by atoms with Gasteiger partial charge in [-0.2, -0.15) is 0 Å². The first-order chi connectivity index (χ1) is 12.6. The fourth-order valence-electron chi connectivity index (χ4n) is 2.30. The van der Waals surface area contributed by atoms with Crippen LogP contribution < -0.4 is 20.1 Å². The highest BCUT2D eigenvalue weighted by molar-refractivity contribution is 5.97. The van der Waals surface area contributed by atoms with E-state index < -0.39 is 6.04 Å². The van der Waals surface area contributed by atoms with Crippen LogP contribution in [-0.2, 0) is 9.53 Å². The van der Waals surface area contributed by atoms with Crippen LogP contribution in [0.5, 0.6) is 11.5 Å². The zero-order chi connectivity index (χ0) is 18.8. The number of ether oxygens (including phenoxy) is 3. The Morgan fingerprint density at radius 3 is 2.46 bits per heavy atom. The van der Waals surface area contributed by atoms with Crippen LogP contribution in [-0.4, -0.2) is 38.9 Å². The molecule has 26 heavy (non-hydrogen) atoms. The second-order valence-corrected chi connectivity index (χ2v) is 5.65. The molecule has 0 spiro atoms. The summed E-state index contributed by atoms with van der Waals surface area (Å²) in [4.78, 5) is 12.4. The predicted molar refractivity (Wildman–Crippen MR) is 103 cm³/mol. The van der Waals surface area contributed by atoms with Gasteiger partial charge in [0.1, 0.15) is 24.1 Å². The second kappa shape index (κ2) is 10.3. The summed E-state index contributed by atoms with van der Waals surface area (Å²) < 4.78 is 16.0. The Balaban J connectivity index is 1.90. The molecule has 0 aliphatic carbocycles. The third-order valence-electron chi connectivity index (χ3n) is 3.63. The summed E-state index contributed by atoms with van der Waals surface area (Å²) in [5, 5.41) is 6.07. The first-order valence-corrected chi connectivity index (χ1v) is 8.65. The quantitative estimate of drug-likeness (QED) is 0.636. The molecule has 140 valence electrons. The molecule has 1 atom stereocenters. The van der Waals surface area contributed by atoms with Crippen molar-refractivity contribution >= 4 is 17.3 Å². The van der Waals surface area contributed by atoms with Crippen molar-refractivity contribution in [2.45, 2.75) is 19.9 Å². The Morgan fingerprint density at radius 1 is 1.04 bits per heavy atom. The smallest absolute Gasteiger partial charge is 0.246 e. The summed E-state index contributed by atoms with van der Waals surface area (Å²) in [6, 6.07) is 14.4. The van der Waals surface area contributed by atoms with Crippen LogP contribution in [0.3, 0.4) is 0 Å². The van der Waals surface area contributed by atoms with E-state index >= 15 is 0 Å². The van der Waals surface area contributed by atoms with Crippen LogP contribution in [0.2, 0.25) is 0 Å². The fraction of sp³-hybridized carbons (Fsp3) is 0.350. The minimum atomic E-state index is -0.412. The highest BCUT2D eigenvalue weighted by atomic mass is 16.5. The van der Waals surface area contributed by atoms with Crippen molar-refractivity contribution in [1.29, 1.82) is 0 Å². The van der Waals surface area contributed by atoms with Gasteiger partial charge in [0.2, 0.25) is 5.91 Å². The molecule has 0 aliphatic rings. The highest BCUT2D eigenvalue weighted by Gasteiger charge is 2.14. The van der Waals surface area contributed by atoms with Crippen molar-refractivity contribution in [2.75, 3.05) is 37.6 Å². The van der Waals surface area contributed by atoms with Gasteiger partial charge in [-0.25, -0.2) is 0 Å². The standard InChI is InChI=1S/C20H26N2O4/c1-4-25-19-8-6-5-7-18(19)22-20(23)15(2)21-16-9-11-17(12-10-16)26-14-13-24-3/h5-12,15,21H,4,13-14H2,1-3H3,(H,22,23). The van der Waals surface area contributed by atoms with Crippen molar-refractivity contribution in [2.24, 2.45) is 0 Å². The Bertz CT molecular complexity index is 688. The Morgan fingerprint density at radius 2 is 1.77 bits per heavy atom. The summed E-state index contributed by atoms with van der Waals surface area (Å²) >= 11 is 0. The number of carbonyl (C=O) groups excluding carboxylic acids is 1. The zero-order valence-corrected chi connectivity index (χ0v) is 15.5. The van der Waals surface area contributed by atoms with Gasteiger partial charge in [0, 0.05) is 12.8 Å². The molecule has 0 saturated heterocycles. The monoisotopic (exact) mass is 358 g/mol. The lowest BCUT2D eigenvalue weighted by molar-refractivity contribution is -0.116. The van der Waals surface area contributed by atoms with Crippen molar-refractivity contribution in [1.82, 2.24) is 0 Å². The maximum Gasteiger partial charge on any atom is 0.246 e. The number of amides is 1. The van der Waals surface area contributed by atoms with Gasteiger partial charge in [0.25, 0.3) is 0 Å². The van der Waals surface area contributed by atoms with E-state index in [1.54, 1.807) is 7.11 Å². The number of anilines is 2. The minimum Gasteiger partial charge on any atom is -0.492 e. The van der Waals surface area contributed by atoms with Gasteiger partial charge in [0.05, 0.1) is 18.9 Å². The van der Waals surface area contributed by atoms with Crippen molar-refractivity contribution in [3.8, 4) is 11.5 Å². The average molecular weight is 358 g/mol. The molecular formula is C20H26N2O4. The predicted octanol–water partition coefficient (Wildman–Crippen LogP) is 3.55. The maximum absolute atomic E-state index is 12.4. The van der Waals surface area contributed by atoms with Crippen LogP contribution in [0.1, 0.15) is 13.8 Å². The zero-order valence-electron chi connectivity index (χ0n) is 15.5. The molecule has 1 unspecified atom stereocenters. The molecule has 0 bridgehead atoms. The molecule has 0 fully saturated rings. The Hall–Kier alpha value is -2.73. The van der Waals surface area contributed by atoms with E-state index in [4.69, 9.17) is 14.2 Å². The van der Waals surface area contributed by atoms with E-state index in [1.807, 2.05) is 62.4 Å². The molecule has 2 aromatic carbocycles. The fourth-order valence-corrected chi connectivity index (χ4v) is 2.30. The number of nitrogens with one attached hydrogen (secondary N) is 2. The van der Waals surface area contributed by atoms with Gasteiger partial charge in [-0.15, -0.1) is 0 Å². The number of carbonyl (C=O) groups is 1. The van der Waals surface area contributed by atoms with Crippen LogP contribution in [0.15, 0.2) is 48.5 Å². The lowest BCUT2D eigenvalue weighted by atomic mass is 10.2. The average Bonchev–Trinajstić information content (AvgIpc) is 2.65. The molecule has 0 aromatic heterocycles. The SMILES string of the molecule is CCOc1ccccc1NC(=O)C(C)Nc1ccc(OCCOC)cc1. The second-order valence-electron chi connectivity index (χ2n) is 5.65. The Labute approximate surface area is 154 Å². The third-order valence-corrected chi connectivity index (χ3v) is 3.63. The first kappa shape index (κ1) is 19.6. The maximum atomic E-state index is 12.4. The molecule has 6 nitrogen and oxygen atoms in total. The van der Waals surface area contributed by atoms with Gasteiger partial charge in [-0.1, -0.05) is 12.1 Å². The molecule has 0 radical (unpaired) electrons. The molecular weight excluding hydrogens is 332 g/mol. The van der Waals surface area contributed by atoms with Gasteiger partial charge >= 0.3 is 0 Å². The van der Waals surface area contributed by atoms with E-state index in [2.05, 4.69) is 10.6 Å². The number of methoxy groups -OCH3 is 1. The lowest BCUT2D eigenvalue weighted by Gasteiger charge is -2.17. The first-order valence-electron chi connectivity index (χ1n) is 8.65. The highest BCUT2D eigenvalue weighted by Crippen LogP contribution is 2.24. The molecule has 2 aromatic rings. The lowest BCUT2D eigenvalue weighted by Crippen LogP contribution is -2.32. The van der Waals surface area contributed by atoms with Crippen molar-refractivity contribution in [3.63, 3.8) is 0 Å². The largest absolute Gasteiger partial charge is 0.492 e. The van der Waals surface area contributed by atoms with Crippen molar-refractivity contribution in [3.05, 3.63) is 48.5 Å². The van der Waals surface area contributed by atoms with Gasteiger partial charge in [0.15, 0.2) is 0 Å². The van der Waals surface area contributed by atoms with Crippen LogP contribution in [0.25, 0.3) is 0 Å². The van der Waals surface area contributed by atoms with E-state index in [1.165, 1.54) is 0 Å². The summed E-state index contributed by atoms with van der Waals surface area (Å²) in [5.41, 5.74) is 1.50. The van der Waals surface area contributed by atoms with Crippen molar-refractivity contribution < 1.29 is 19.0 Å². The Kier molecular flexibility index (Phi) is 7.76. The molecule has 1 amide bonds. The normalized spacial score (nSPS) is 11.5. The van der Waals surface area contributed by atoms with Crippen LogP contribution >= 0.6 is 0 Å². The number of para-hydroxylation sites is 2. The third kappa shape index (κ3) is 5.97. The van der Waals surface area contributed by atoms with Gasteiger partial charge in [-0.3, -0.25) is 4.79 Å². The number of benzene rings is 2. The van der Waals surface area contributed by atoms with Gasteiger partial charge in [-0.05, 0) is 50.2 Å². The summed E-state index contributed by atoms with van der Waals surface area (Å²) in [6.45, 7) is 5.30. The van der Waals surface area contributed by atoms with E-state index in [9.17, 15) is 4.79 Å². The molecule has 2 N–H and O–H groups in total. The number of hydrogen-bond acceptors (Lipinski definition) is 5. The van der Waals surface area contributed by atoms with E-state index in [0.717, 1.165) is 11.4 Å². The minimum absolute atomic E-state index is 0.141. The van der Waals surface area contributed by atoms with Crippen LogP contribution in [0.4, 0.5) is 11.4 Å². The number of rotatable bonds is 10. The molecule has 0 saturated carbocycles. The molecule has 0 heterocycles. The van der Waals surface area contributed by atoms with E-state index in [0.29, 0.717) is 31.3 Å². The summed E-state index contributed by atoms with van der Waals surface area (Å²) in [7, 11) is 1.63. The number of hydrogen-bond donors (Lipinski definition) is 2. The summed E-state index contributed by atoms with van der Waals surface area (Å²) in [6.07, 6.45) is 0. The van der Waals surface area contributed by atoms with E-state index in [-0.39, 0.29) is 5.91 Å². The summed E-state index contributed by atoms with van der Waals surface area (Å²) in [5.74, 6) is 1.28. The molecule has 0 aliphatic heterocycles.